The molecule has 0 spiro atoms. The summed E-state index contributed by atoms with van der Waals surface area (Å²) >= 11 is 5.04. The van der Waals surface area contributed by atoms with E-state index >= 15 is 0 Å². The molecule has 1 aliphatic heterocycles. The van der Waals surface area contributed by atoms with E-state index in [0.717, 1.165) is 40.0 Å². The monoisotopic (exact) mass is 315 g/mol. The maximum absolute atomic E-state index is 12.5. The fourth-order valence-corrected chi connectivity index (χ4v) is 3.89. The van der Waals surface area contributed by atoms with Crippen molar-refractivity contribution in [2.45, 2.75) is 45.6 Å². The molecule has 1 aliphatic rings. The molecule has 1 aromatic rings. The SMILES string of the molecule is CCC1CCCCN1C(=O)c1cc(C)c(Br)s1. The molecule has 94 valence electrons. The van der Waals surface area contributed by atoms with Gasteiger partial charge in [0.2, 0.25) is 0 Å². The van der Waals surface area contributed by atoms with E-state index in [4.69, 9.17) is 0 Å². The summed E-state index contributed by atoms with van der Waals surface area (Å²) in [6.07, 6.45) is 4.63. The zero-order chi connectivity index (χ0) is 12.4. The number of nitrogens with zero attached hydrogens (tertiary/aromatic N) is 1. The summed E-state index contributed by atoms with van der Waals surface area (Å²) in [6, 6.07) is 2.44. The van der Waals surface area contributed by atoms with E-state index in [9.17, 15) is 4.79 Å². The van der Waals surface area contributed by atoms with Crippen molar-refractivity contribution in [2.75, 3.05) is 6.54 Å². The number of thiophene rings is 1. The van der Waals surface area contributed by atoms with Gasteiger partial charge in [-0.15, -0.1) is 11.3 Å². The van der Waals surface area contributed by atoms with E-state index in [1.54, 1.807) is 11.3 Å². The minimum Gasteiger partial charge on any atom is -0.335 e. The van der Waals surface area contributed by atoms with E-state index in [1.807, 2.05) is 13.0 Å². The van der Waals surface area contributed by atoms with Gasteiger partial charge in [-0.05, 0) is 60.2 Å². The van der Waals surface area contributed by atoms with Gasteiger partial charge in [-0.2, -0.15) is 0 Å². The number of amides is 1. The fraction of sp³-hybridized carbons (Fsp3) is 0.615. The highest BCUT2D eigenvalue weighted by atomic mass is 79.9. The third-order valence-corrected chi connectivity index (χ3v) is 5.55. The van der Waals surface area contributed by atoms with Crippen LogP contribution in [0.15, 0.2) is 9.85 Å². The molecule has 0 saturated carbocycles. The molecule has 0 N–H and O–H groups in total. The van der Waals surface area contributed by atoms with Crippen LogP contribution in [0, 0.1) is 6.92 Å². The van der Waals surface area contributed by atoms with E-state index in [1.165, 1.54) is 6.42 Å². The molecule has 1 unspecified atom stereocenters. The molecule has 0 aliphatic carbocycles. The summed E-state index contributed by atoms with van der Waals surface area (Å²) in [5, 5.41) is 0. The molecule has 1 aromatic heterocycles. The molecule has 1 saturated heterocycles. The summed E-state index contributed by atoms with van der Waals surface area (Å²) in [6.45, 7) is 5.13. The van der Waals surface area contributed by atoms with E-state index in [0.29, 0.717) is 6.04 Å². The van der Waals surface area contributed by atoms with Gasteiger partial charge in [0.05, 0.1) is 8.66 Å². The molecular weight excluding hydrogens is 298 g/mol. The summed E-state index contributed by atoms with van der Waals surface area (Å²) in [5.41, 5.74) is 1.16. The Kier molecular flexibility index (Phi) is 4.26. The Morgan fingerprint density at radius 3 is 2.94 bits per heavy atom. The first-order valence-corrected chi connectivity index (χ1v) is 7.81. The number of carbonyl (C=O) groups excluding carboxylic acids is 1. The third kappa shape index (κ3) is 2.74. The van der Waals surface area contributed by atoms with Gasteiger partial charge in [0, 0.05) is 12.6 Å². The fourth-order valence-electron chi connectivity index (χ4n) is 2.40. The first-order valence-electron chi connectivity index (χ1n) is 6.20. The number of carbonyl (C=O) groups is 1. The predicted octanol–water partition coefficient (Wildman–Crippen LogP) is 4.22. The van der Waals surface area contributed by atoms with Crippen molar-refractivity contribution in [1.82, 2.24) is 4.90 Å². The summed E-state index contributed by atoms with van der Waals surface area (Å²) in [7, 11) is 0. The second kappa shape index (κ2) is 5.53. The van der Waals surface area contributed by atoms with E-state index in [-0.39, 0.29) is 5.91 Å². The van der Waals surface area contributed by atoms with Crippen molar-refractivity contribution < 1.29 is 4.79 Å². The molecule has 0 radical (unpaired) electrons. The molecule has 1 amide bonds. The quantitative estimate of drug-likeness (QED) is 0.800. The Balaban J connectivity index is 2.18. The van der Waals surface area contributed by atoms with Crippen molar-refractivity contribution in [2.24, 2.45) is 0 Å². The van der Waals surface area contributed by atoms with Crippen LogP contribution in [0.2, 0.25) is 0 Å². The number of aryl methyl sites for hydroxylation is 1. The van der Waals surface area contributed by atoms with Crippen LogP contribution >= 0.6 is 27.3 Å². The van der Waals surface area contributed by atoms with Crippen LogP contribution in [-0.2, 0) is 0 Å². The zero-order valence-electron chi connectivity index (χ0n) is 10.3. The average Bonchev–Trinajstić information content (AvgIpc) is 2.68. The Morgan fingerprint density at radius 2 is 2.35 bits per heavy atom. The molecule has 17 heavy (non-hydrogen) atoms. The molecule has 1 fully saturated rings. The van der Waals surface area contributed by atoms with Crippen molar-refractivity contribution >= 4 is 33.2 Å². The maximum atomic E-state index is 12.5. The van der Waals surface area contributed by atoms with Gasteiger partial charge in [-0.25, -0.2) is 0 Å². The first-order chi connectivity index (χ1) is 8.13. The van der Waals surface area contributed by atoms with Gasteiger partial charge >= 0.3 is 0 Å². The zero-order valence-corrected chi connectivity index (χ0v) is 12.7. The second-order valence-corrected chi connectivity index (χ2v) is 6.99. The largest absolute Gasteiger partial charge is 0.335 e. The van der Waals surface area contributed by atoms with Gasteiger partial charge in [0.25, 0.3) is 5.91 Å². The highest BCUT2D eigenvalue weighted by Crippen LogP contribution is 2.30. The van der Waals surface area contributed by atoms with Gasteiger partial charge in [-0.3, -0.25) is 4.79 Å². The minimum atomic E-state index is 0.218. The Hall–Kier alpha value is -0.350. The van der Waals surface area contributed by atoms with E-state index in [2.05, 4.69) is 27.8 Å². The molecule has 4 heteroatoms. The van der Waals surface area contributed by atoms with E-state index < -0.39 is 0 Å². The third-order valence-electron chi connectivity index (χ3n) is 3.43. The van der Waals surface area contributed by atoms with Gasteiger partial charge < -0.3 is 4.90 Å². The lowest BCUT2D eigenvalue weighted by Crippen LogP contribution is -2.43. The number of halogens is 1. The van der Waals surface area contributed by atoms with Crippen LogP contribution in [-0.4, -0.2) is 23.4 Å². The Bertz CT molecular complexity index is 396. The number of likely N-dealkylation sites (tertiary alicyclic amines) is 1. The van der Waals surface area contributed by atoms with Gasteiger partial charge in [0.15, 0.2) is 0 Å². The summed E-state index contributed by atoms with van der Waals surface area (Å²) in [5.74, 6) is 0.218. The lowest BCUT2D eigenvalue weighted by atomic mass is 10.00. The topological polar surface area (TPSA) is 20.3 Å². The van der Waals surface area contributed by atoms with Crippen LogP contribution in [0.5, 0.6) is 0 Å². The van der Waals surface area contributed by atoms with Crippen molar-refractivity contribution in [3.05, 3.63) is 20.3 Å². The lowest BCUT2D eigenvalue weighted by Gasteiger charge is -2.35. The second-order valence-electron chi connectivity index (χ2n) is 4.62. The number of rotatable bonds is 2. The smallest absolute Gasteiger partial charge is 0.264 e. The molecule has 2 rings (SSSR count). The number of piperidine rings is 1. The van der Waals surface area contributed by atoms with Crippen molar-refractivity contribution in [3.8, 4) is 0 Å². The standard InChI is InChI=1S/C13H18BrNOS/c1-3-10-6-4-5-7-15(10)13(16)11-8-9(2)12(14)17-11/h8,10H,3-7H2,1-2H3. The number of hydrogen-bond donors (Lipinski definition) is 0. The van der Waals surface area contributed by atoms with Crippen molar-refractivity contribution in [1.29, 1.82) is 0 Å². The molecule has 0 aromatic carbocycles. The Morgan fingerprint density at radius 1 is 1.59 bits per heavy atom. The molecule has 2 nitrogen and oxygen atoms in total. The number of hydrogen-bond acceptors (Lipinski definition) is 2. The normalized spacial score (nSPS) is 20.6. The van der Waals surface area contributed by atoms with Gasteiger partial charge in [0.1, 0.15) is 0 Å². The first kappa shape index (κ1) is 13.1. The Labute approximate surface area is 115 Å². The summed E-state index contributed by atoms with van der Waals surface area (Å²) < 4.78 is 1.07. The van der Waals surface area contributed by atoms with Crippen LogP contribution in [0.4, 0.5) is 0 Å². The van der Waals surface area contributed by atoms with Gasteiger partial charge in [-0.1, -0.05) is 6.92 Å². The summed E-state index contributed by atoms with van der Waals surface area (Å²) in [4.78, 5) is 15.4. The average molecular weight is 316 g/mol. The van der Waals surface area contributed by atoms with Crippen LogP contribution in [0.3, 0.4) is 0 Å². The minimum absolute atomic E-state index is 0.218. The maximum Gasteiger partial charge on any atom is 0.264 e. The highest BCUT2D eigenvalue weighted by molar-refractivity contribution is 9.11. The van der Waals surface area contributed by atoms with Crippen LogP contribution in [0.1, 0.15) is 47.8 Å². The van der Waals surface area contributed by atoms with Crippen LogP contribution < -0.4 is 0 Å². The lowest BCUT2D eigenvalue weighted by molar-refractivity contribution is 0.0613. The van der Waals surface area contributed by atoms with Crippen molar-refractivity contribution in [3.63, 3.8) is 0 Å². The highest BCUT2D eigenvalue weighted by Gasteiger charge is 2.27. The molecule has 0 bridgehead atoms. The predicted molar refractivity (Wildman–Crippen MR) is 75.7 cm³/mol. The molecular formula is C13H18BrNOS. The van der Waals surface area contributed by atoms with Crippen LogP contribution in [0.25, 0.3) is 0 Å². The molecule has 1 atom stereocenters. The molecule has 2 heterocycles.